The molecule has 1 heterocycles. The van der Waals surface area contributed by atoms with Crippen LogP contribution in [0.3, 0.4) is 0 Å². The summed E-state index contributed by atoms with van der Waals surface area (Å²) < 4.78 is 0. The molecule has 1 aliphatic carbocycles. The molecule has 158 valence electrons. The molecule has 5 heteroatoms. The molecule has 2 aromatic rings. The van der Waals surface area contributed by atoms with E-state index in [0.29, 0.717) is 29.1 Å². The Kier molecular flexibility index (Phi) is 6.88. The Bertz CT molecular complexity index is 867. The highest BCUT2D eigenvalue weighted by molar-refractivity contribution is 6.30. The summed E-state index contributed by atoms with van der Waals surface area (Å²) in [6, 6.07) is 17.3. The van der Waals surface area contributed by atoms with Crippen molar-refractivity contribution in [2.75, 3.05) is 18.0 Å². The van der Waals surface area contributed by atoms with Gasteiger partial charge in [-0.2, -0.15) is 0 Å². The zero-order valence-electron chi connectivity index (χ0n) is 17.5. The zero-order chi connectivity index (χ0) is 21.1. The Hall–Kier alpha value is -1.73. The van der Waals surface area contributed by atoms with Crippen molar-refractivity contribution in [3.8, 4) is 0 Å². The molecule has 30 heavy (non-hydrogen) atoms. The van der Waals surface area contributed by atoms with Crippen molar-refractivity contribution in [1.82, 2.24) is 4.90 Å². The molecule has 0 unspecified atom stereocenters. The summed E-state index contributed by atoms with van der Waals surface area (Å²) in [6.07, 6.45) is 4.63. The van der Waals surface area contributed by atoms with Crippen LogP contribution in [0.5, 0.6) is 0 Å². The van der Waals surface area contributed by atoms with Gasteiger partial charge in [-0.15, -0.1) is 11.6 Å². The van der Waals surface area contributed by atoms with Gasteiger partial charge in [0.25, 0.3) is 0 Å². The zero-order valence-corrected chi connectivity index (χ0v) is 19.0. The largest absolute Gasteiger partial charge is 0.365 e. The van der Waals surface area contributed by atoms with Gasteiger partial charge in [-0.05, 0) is 68.4 Å². The van der Waals surface area contributed by atoms with Crippen LogP contribution in [0, 0.1) is 12.5 Å². The molecular weight excluding hydrogens is 413 g/mol. The van der Waals surface area contributed by atoms with Gasteiger partial charge < -0.3 is 4.90 Å². The van der Waals surface area contributed by atoms with Crippen molar-refractivity contribution in [3.05, 3.63) is 70.5 Å². The number of rotatable bonds is 4. The lowest BCUT2D eigenvalue weighted by atomic mass is 9.81. The van der Waals surface area contributed by atoms with E-state index < -0.39 is 0 Å². The van der Waals surface area contributed by atoms with Gasteiger partial charge in [0.05, 0.1) is 6.57 Å². The second kappa shape index (κ2) is 9.60. The fourth-order valence-electron chi connectivity index (χ4n) is 4.98. The van der Waals surface area contributed by atoms with E-state index >= 15 is 0 Å². The average Bonchev–Trinajstić information content (AvgIpc) is 2.77. The summed E-state index contributed by atoms with van der Waals surface area (Å²) >= 11 is 12.6. The highest BCUT2D eigenvalue weighted by Crippen LogP contribution is 2.36. The van der Waals surface area contributed by atoms with E-state index in [0.717, 1.165) is 37.5 Å². The Morgan fingerprint density at radius 3 is 2.27 bits per heavy atom. The monoisotopic (exact) mass is 441 g/mol. The first-order valence-electron chi connectivity index (χ1n) is 10.9. The van der Waals surface area contributed by atoms with Crippen molar-refractivity contribution >= 4 is 34.6 Å². The number of benzene rings is 2. The van der Waals surface area contributed by atoms with Gasteiger partial charge in [0.2, 0.25) is 0 Å². The van der Waals surface area contributed by atoms with Crippen LogP contribution in [0.1, 0.15) is 38.2 Å². The van der Waals surface area contributed by atoms with E-state index in [1.54, 1.807) is 0 Å². The number of piperazine rings is 1. The molecule has 0 spiro atoms. The maximum Gasteiger partial charge on any atom is 0.187 e. The summed E-state index contributed by atoms with van der Waals surface area (Å²) in [5.41, 5.74) is 3.25. The lowest BCUT2D eigenvalue weighted by Crippen LogP contribution is -2.60. The molecule has 3 nitrogen and oxygen atoms in total. The first-order valence-corrected chi connectivity index (χ1v) is 11.7. The standard InChI is InChI=1S/C25H29Cl2N3/c1-18-15-30(24-13-9-22(27)10-14-24)25(20-5-7-21(26)8-6-20)17-29(18)16-19-3-11-23(28-2)12-4-19/h3-4,9-14,18,20-21,25H,5-8,15-17H2,1H3/t18-,20?,21?,25+/m1/s1. The molecule has 4 rings (SSSR count). The summed E-state index contributed by atoms with van der Waals surface area (Å²) in [5.74, 6) is 0.662. The molecule has 0 N–H and O–H groups in total. The smallest absolute Gasteiger partial charge is 0.187 e. The quantitative estimate of drug-likeness (QED) is 0.382. The van der Waals surface area contributed by atoms with Gasteiger partial charge in [0.1, 0.15) is 0 Å². The van der Waals surface area contributed by atoms with Crippen LogP contribution in [0.15, 0.2) is 48.5 Å². The number of hydrogen-bond donors (Lipinski definition) is 0. The molecular formula is C25H29Cl2N3. The molecule has 0 radical (unpaired) electrons. The SMILES string of the molecule is [C-]#[N+]c1ccc(CN2C[C@@H](C3CCC(Cl)CC3)N(c3ccc(Cl)cc3)C[C@H]2C)cc1. The number of nitrogens with zero attached hydrogens (tertiary/aromatic N) is 3. The van der Waals surface area contributed by atoms with Gasteiger partial charge in [-0.1, -0.05) is 35.9 Å². The first-order chi connectivity index (χ1) is 14.5. The molecule has 1 aliphatic heterocycles. The van der Waals surface area contributed by atoms with E-state index in [1.807, 2.05) is 24.3 Å². The molecule has 2 atom stereocenters. The fourth-order valence-corrected chi connectivity index (χ4v) is 5.36. The Labute approximate surface area is 190 Å². The molecule has 1 saturated heterocycles. The van der Waals surface area contributed by atoms with Gasteiger partial charge in [-0.25, -0.2) is 4.85 Å². The van der Waals surface area contributed by atoms with Crippen molar-refractivity contribution < 1.29 is 0 Å². The third kappa shape index (κ3) is 4.94. The van der Waals surface area contributed by atoms with Crippen LogP contribution >= 0.6 is 23.2 Å². The second-order valence-corrected chi connectivity index (χ2v) is 9.82. The third-order valence-corrected chi connectivity index (χ3v) is 7.45. The molecule has 0 bridgehead atoms. The predicted octanol–water partition coefficient (Wildman–Crippen LogP) is 6.77. The fraction of sp³-hybridized carbons (Fsp3) is 0.480. The Balaban J connectivity index is 1.55. The Morgan fingerprint density at radius 1 is 0.967 bits per heavy atom. The van der Waals surface area contributed by atoms with Crippen LogP contribution < -0.4 is 4.90 Å². The summed E-state index contributed by atoms with van der Waals surface area (Å²) in [7, 11) is 0. The maximum absolute atomic E-state index is 7.16. The minimum atomic E-state index is 0.338. The number of alkyl halides is 1. The minimum absolute atomic E-state index is 0.338. The Morgan fingerprint density at radius 2 is 1.63 bits per heavy atom. The molecule has 2 aromatic carbocycles. The van der Waals surface area contributed by atoms with Crippen LogP contribution in [-0.2, 0) is 6.54 Å². The van der Waals surface area contributed by atoms with Crippen LogP contribution in [0.2, 0.25) is 5.02 Å². The van der Waals surface area contributed by atoms with Gasteiger partial charge in [0, 0.05) is 47.8 Å². The minimum Gasteiger partial charge on any atom is -0.365 e. The van der Waals surface area contributed by atoms with E-state index in [4.69, 9.17) is 29.8 Å². The molecule has 0 aromatic heterocycles. The number of halogens is 2. The number of anilines is 1. The highest BCUT2D eigenvalue weighted by atomic mass is 35.5. The lowest BCUT2D eigenvalue weighted by Gasteiger charge is -2.50. The van der Waals surface area contributed by atoms with Crippen molar-refractivity contribution in [3.63, 3.8) is 0 Å². The van der Waals surface area contributed by atoms with Crippen LogP contribution in [0.25, 0.3) is 4.85 Å². The summed E-state index contributed by atoms with van der Waals surface area (Å²) in [6.45, 7) is 12.5. The van der Waals surface area contributed by atoms with Gasteiger partial charge >= 0.3 is 0 Å². The van der Waals surface area contributed by atoms with Crippen molar-refractivity contribution in [2.24, 2.45) is 5.92 Å². The highest BCUT2D eigenvalue weighted by Gasteiger charge is 2.37. The third-order valence-electron chi connectivity index (χ3n) is 6.76. The van der Waals surface area contributed by atoms with E-state index in [2.05, 4.69) is 45.8 Å². The molecule has 0 amide bonds. The maximum atomic E-state index is 7.16. The number of hydrogen-bond acceptors (Lipinski definition) is 2. The average molecular weight is 442 g/mol. The second-order valence-electron chi connectivity index (χ2n) is 8.76. The summed E-state index contributed by atoms with van der Waals surface area (Å²) in [5, 5.41) is 1.12. The van der Waals surface area contributed by atoms with E-state index in [1.165, 1.54) is 24.1 Å². The van der Waals surface area contributed by atoms with Crippen LogP contribution in [-0.4, -0.2) is 35.5 Å². The van der Waals surface area contributed by atoms with Crippen molar-refractivity contribution in [1.29, 1.82) is 0 Å². The van der Waals surface area contributed by atoms with Gasteiger partial charge in [0.15, 0.2) is 5.69 Å². The topological polar surface area (TPSA) is 10.8 Å². The van der Waals surface area contributed by atoms with Gasteiger partial charge in [-0.3, -0.25) is 4.90 Å². The lowest BCUT2D eigenvalue weighted by molar-refractivity contribution is 0.120. The molecule has 1 saturated carbocycles. The molecule has 2 aliphatic rings. The molecule has 2 fully saturated rings. The normalized spacial score (nSPS) is 27.6. The first kappa shape index (κ1) is 21.5. The predicted molar refractivity (Wildman–Crippen MR) is 127 cm³/mol. The van der Waals surface area contributed by atoms with Crippen molar-refractivity contribution in [2.45, 2.75) is 56.6 Å². The van der Waals surface area contributed by atoms with E-state index in [-0.39, 0.29) is 0 Å². The van der Waals surface area contributed by atoms with E-state index in [9.17, 15) is 0 Å². The van der Waals surface area contributed by atoms with Crippen LogP contribution in [0.4, 0.5) is 11.4 Å². The summed E-state index contributed by atoms with van der Waals surface area (Å²) in [4.78, 5) is 8.73.